The number of amides is 1. The minimum absolute atomic E-state index is 0.239. The molecule has 1 N–H and O–H groups in total. The predicted molar refractivity (Wildman–Crippen MR) is 80.8 cm³/mol. The van der Waals surface area contributed by atoms with Gasteiger partial charge in [0.15, 0.2) is 0 Å². The maximum absolute atomic E-state index is 13.0. The number of hydrogen-bond acceptors (Lipinski definition) is 2. The number of piperidine rings is 1. The van der Waals surface area contributed by atoms with E-state index in [0.29, 0.717) is 12.1 Å². The number of hydrogen-bond donors (Lipinski definition) is 1. The van der Waals surface area contributed by atoms with E-state index in [1.165, 1.54) is 17.5 Å². The van der Waals surface area contributed by atoms with Crippen LogP contribution < -0.4 is 5.32 Å². The average molecular weight is 272 g/mol. The van der Waals surface area contributed by atoms with Crippen molar-refractivity contribution in [1.29, 1.82) is 0 Å². The molecule has 0 aliphatic carbocycles. The van der Waals surface area contributed by atoms with Crippen LogP contribution in [0.5, 0.6) is 0 Å². The van der Waals surface area contributed by atoms with Gasteiger partial charge in [-0.15, -0.1) is 0 Å². The van der Waals surface area contributed by atoms with E-state index in [2.05, 4.69) is 30.1 Å². The lowest BCUT2D eigenvalue weighted by molar-refractivity contribution is 0.0509. The van der Waals surface area contributed by atoms with Gasteiger partial charge in [0.1, 0.15) is 0 Å². The Morgan fingerprint density at radius 3 is 2.75 bits per heavy atom. The molecule has 2 atom stereocenters. The van der Waals surface area contributed by atoms with E-state index in [4.69, 9.17) is 0 Å². The molecule has 1 fully saturated rings. The lowest BCUT2D eigenvalue weighted by atomic mass is 9.92. The Hall–Kier alpha value is -1.35. The van der Waals surface area contributed by atoms with E-state index in [0.717, 1.165) is 37.9 Å². The minimum Gasteiger partial charge on any atom is -0.333 e. The molecular formula is C17H24N2O. The zero-order valence-corrected chi connectivity index (χ0v) is 12.5. The SMILES string of the molecule is C[C@@H]1CCC[C@H](C)N1C(=O)c1cccc2c1CCNC2. The fourth-order valence-electron chi connectivity index (χ4n) is 3.69. The summed E-state index contributed by atoms with van der Waals surface area (Å²) in [4.78, 5) is 15.1. The quantitative estimate of drug-likeness (QED) is 0.852. The van der Waals surface area contributed by atoms with Gasteiger partial charge in [0, 0.05) is 24.2 Å². The largest absolute Gasteiger partial charge is 0.333 e. The van der Waals surface area contributed by atoms with E-state index in [9.17, 15) is 4.79 Å². The number of fused-ring (bicyclic) bond motifs is 1. The maximum Gasteiger partial charge on any atom is 0.254 e. The first-order valence-corrected chi connectivity index (χ1v) is 7.82. The summed E-state index contributed by atoms with van der Waals surface area (Å²) in [5.41, 5.74) is 3.49. The summed E-state index contributed by atoms with van der Waals surface area (Å²) in [6.45, 7) is 6.24. The van der Waals surface area contributed by atoms with Crippen LogP contribution in [0, 0.1) is 0 Å². The van der Waals surface area contributed by atoms with Gasteiger partial charge in [-0.05, 0) is 63.3 Å². The Kier molecular flexibility index (Phi) is 3.79. The molecule has 0 saturated carbocycles. The molecule has 3 rings (SSSR count). The summed E-state index contributed by atoms with van der Waals surface area (Å²) in [5.74, 6) is 0.239. The number of rotatable bonds is 1. The predicted octanol–water partition coefficient (Wildman–Crippen LogP) is 2.74. The molecule has 108 valence electrons. The van der Waals surface area contributed by atoms with Gasteiger partial charge in [-0.2, -0.15) is 0 Å². The van der Waals surface area contributed by atoms with Crippen LogP contribution in [0.2, 0.25) is 0 Å². The smallest absolute Gasteiger partial charge is 0.254 e. The van der Waals surface area contributed by atoms with E-state index >= 15 is 0 Å². The highest BCUT2D eigenvalue weighted by Gasteiger charge is 2.31. The van der Waals surface area contributed by atoms with Gasteiger partial charge in [-0.3, -0.25) is 4.79 Å². The molecule has 2 heterocycles. The second-order valence-electron chi connectivity index (χ2n) is 6.21. The van der Waals surface area contributed by atoms with Gasteiger partial charge in [0.25, 0.3) is 5.91 Å². The zero-order valence-electron chi connectivity index (χ0n) is 12.5. The number of benzene rings is 1. The molecule has 20 heavy (non-hydrogen) atoms. The summed E-state index contributed by atoms with van der Waals surface area (Å²) in [5, 5.41) is 3.38. The second kappa shape index (κ2) is 5.57. The van der Waals surface area contributed by atoms with Crippen LogP contribution in [0.1, 0.15) is 54.6 Å². The Morgan fingerprint density at radius 2 is 2.00 bits per heavy atom. The molecule has 0 radical (unpaired) electrons. The van der Waals surface area contributed by atoms with Crippen molar-refractivity contribution in [2.45, 2.75) is 58.2 Å². The average Bonchev–Trinajstić information content (AvgIpc) is 2.46. The van der Waals surface area contributed by atoms with Crippen molar-refractivity contribution in [2.24, 2.45) is 0 Å². The molecule has 3 heteroatoms. The topological polar surface area (TPSA) is 32.3 Å². The van der Waals surface area contributed by atoms with E-state index in [-0.39, 0.29) is 5.91 Å². The van der Waals surface area contributed by atoms with Crippen LogP contribution in [-0.2, 0) is 13.0 Å². The lowest BCUT2D eigenvalue weighted by Gasteiger charge is -2.39. The van der Waals surface area contributed by atoms with Crippen molar-refractivity contribution in [1.82, 2.24) is 10.2 Å². The molecule has 0 unspecified atom stereocenters. The van der Waals surface area contributed by atoms with Crippen LogP contribution in [0.4, 0.5) is 0 Å². The van der Waals surface area contributed by atoms with Crippen molar-refractivity contribution in [3.8, 4) is 0 Å². The highest BCUT2D eigenvalue weighted by atomic mass is 16.2. The van der Waals surface area contributed by atoms with E-state index < -0.39 is 0 Å². The minimum atomic E-state index is 0.239. The number of carbonyl (C=O) groups excluding carboxylic acids is 1. The van der Waals surface area contributed by atoms with Gasteiger partial charge in [-0.1, -0.05) is 12.1 Å². The van der Waals surface area contributed by atoms with Crippen molar-refractivity contribution < 1.29 is 4.79 Å². The van der Waals surface area contributed by atoms with Crippen LogP contribution in [0.15, 0.2) is 18.2 Å². The zero-order chi connectivity index (χ0) is 14.1. The number of nitrogens with zero attached hydrogens (tertiary/aromatic N) is 1. The lowest BCUT2D eigenvalue weighted by Crippen LogP contribution is -2.48. The molecule has 1 aromatic rings. The Morgan fingerprint density at radius 1 is 1.25 bits per heavy atom. The van der Waals surface area contributed by atoms with E-state index in [1.807, 2.05) is 12.1 Å². The number of nitrogens with one attached hydrogen (secondary N) is 1. The summed E-state index contributed by atoms with van der Waals surface area (Å²) >= 11 is 0. The highest BCUT2D eigenvalue weighted by Crippen LogP contribution is 2.27. The number of likely N-dealkylation sites (tertiary alicyclic amines) is 1. The van der Waals surface area contributed by atoms with Crippen molar-refractivity contribution in [3.05, 3.63) is 34.9 Å². The van der Waals surface area contributed by atoms with E-state index in [1.54, 1.807) is 0 Å². The van der Waals surface area contributed by atoms with Gasteiger partial charge in [-0.25, -0.2) is 0 Å². The third kappa shape index (κ3) is 2.35. The Bertz CT molecular complexity index is 502. The normalized spacial score (nSPS) is 26.2. The molecule has 0 spiro atoms. The molecule has 1 saturated heterocycles. The Balaban J connectivity index is 1.94. The van der Waals surface area contributed by atoms with Gasteiger partial charge >= 0.3 is 0 Å². The fraction of sp³-hybridized carbons (Fsp3) is 0.588. The molecule has 1 aromatic carbocycles. The summed E-state index contributed by atoms with van der Waals surface area (Å²) in [6, 6.07) is 6.91. The number of carbonyl (C=O) groups is 1. The van der Waals surface area contributed by atoms with Crippen LogP contribution in [-0.4, -0.2) is 29.4 Å². The monoisotopic (exact) mass is 272 g/mol. The maximum atomic E-state index is 13.0. The van der Waals surface area contributed by atoms with Crippen molar-refractivity contribution >= 4 is 5.91 Å². The van der Waals surface area contributed by atoms with Crippen molar-refractivity contribution in [3.63, 3.8) is 0 Å². The van der Waals surface area contributed by atoms with Crippen molar-refractivity contribution in [2.75, 3.05) is 6.54 Å². The fourth-order valence-corrected chi connectivity index (χ4v) is 3.69. The standard InChI is InChI=1S/C17H24N2O/c1-12-5-3-6-13(2)19(12)17(20)16-8-4-7-14-11-18-10-9-15(14)16/h4,7-8,12-13,18H,3,5-6,9-11H2,1-2H3/t12-,13+. The summed E-state index contributed by atoms with van der Waals surface area (Å²) < 4.78 is 0. The summed E-state index contributed by atoms with van der Waals surface area (Å²) in [7, 11) is 0. The van der Waals surface area contributed by atoms with Crippen LogP contribution in [0.3, 0.4) is 0 Å². The van der Waals surface area contributed by atoms with Gasteiger partial charge in [0.05, 0.1) is 0 Å². The van der Waals surface area contributed by atoms with Gasteiger partial charge in [0.2, 0.25) is 0 Å². The molecule has 2 aliphatic heterocycles. The third-order valence-electron chi connectivity index (χ3n) is 4.80. The van der Waals surface area contributed by atoms with Crippen LogP contribution in [0.25, 0.3) is 0 Å². The molecule has 2 aliphatic rings. The first kappa shape index (κ1) is 13.6. The highest BCUT2D eigenvalue weighted by molar-refractivity contribution is 5.96. The molecule has 1 amide bonds. The first-order valence-electron chi connectivity index (χ1n) is 7.82. The first-order chi connectivity index (χ1) is 9.68. The second-order valence-corrected chi connectivity index (χ2v) is 6.21. The van der Waals surface area contributed by atoms with Crippen LogP contribution >= 0.6 is 0 Å². The molecule has 0 bridgehead atoms. The molecular weight excluding hydrogens is 248 g/mol. The summed E-state index contributed by atoms with van der Waals surface area (Å²) in [6.07, 6.45) is 4.47. The molecule has 3 nitrogen and oxygen atoms in total. The third-order valence-corrected chi connectivity index (χ3v) is 4.80. The van der Waals surface area contributed by atoms with Gasteiger partial charge < -0.3 is 10.2 Å². The Labute approximate surface area is 121 Å². The molecule has 0 aromatic heterocycles.